The summed E-state index contributed by atoms with van der Waals surface area (Å²) < 4.78 is 57.0. The van der Waals surface area contributed by atoms with Crippen molar-refractivity contribution in [3.05, 3.63) is 35.1 Å². The second-order valence-corrected chi connectivity index (χ2v) is 10.0. The maximum Gasteiger partial charge on any atom is 0.416 e. The lowest BCUT2D eigenvalue weighted by atomic mass is 9.60. The number of hydrogen-bond donors (Lipinski definition) is 4. The van der Waals surface area contributed by atoms with E-state index in [0.29, 0.717) is 25.2 Å². The van der Waals surface area contributed by atoms with Gasteiger partial charge in [0.1, 0.15) is 12.4 Å². The summed E-state index contributed by atoms with van der Waals surface area (Å²) in [7, 11) is 0. The van der Waals surface area contributed by atoms with E-state index in [9.17, 15) is 27.2 Å². The van der Waals surface area contributed by atoms with E-state index in [1.54, 1.807) is 0 Å². The normalized spacial score (nSPS) is 28.1. The van der Waals surface area contributed by atoms with E-state index in [0.717, 1.165) is 44.2 Å². The van der Waals surface area contributed by atoms with Crippen LogP contribution in [0.3, 0.4) is 0 Å². The van der Waals surface area contributed by atoms with Crippen LogP contribution in [0.2, 0.25) is 0 Å². The molecule has 0 bridgehead atoms. The molecule has 3 unspecified atom stereocenters. The Morgan fingerprint density at radius 2 is 1.85 bits per heavy atom. The van der Waals surface area contributed by atoms with E-state index in [-0.39, 0.29) is 34.9 Å². The molecule has 5 rings (SSSR count). The fraction of sp³-hybridized carbons (Fsp3) is 0.636. The van der Waals surface area contributed by atoms with Gasteiger partial charge in [0.2, 0.25) is 5.91 Å². The zero-order valence-corrected chi connectivity index (χ0v) is 18.4. The van der Waals surface area contributed by atoms with E-state index < -0.39 is 30.3 Å². The summed E-state index contributed by atoms with van der Waals surface area (Å²) in [6, 6.07) is 2.78. The molecule has 2 aliphatic carbocycles. The highest BCUT2D eigenvalue weighted by Gasteiger charge is 2.54. The largest absolute Gasteiger partial charge is 0.445 e. The predicted octanol–water partition coefficient (Wildman–Crippen LogP) is 2.21. The first-order valence-electron chi connectivity index (χ1n) is 11.5. The van der Waals surface area contributed by atoms with Gasteiger partial charge < -0.3 is 15.0 Å². The van der Waals surface area contributed by atoms with Crippen LogP contribution in [0.4, 0.5) is 22.4 Å². The molecular weight excluding hydrogens is 458 g/mol. The smallest absolute Gasteiger partial charge is 0.416 e. The van der Waals surface area contributed by atoms with Crippen LogP contribution in [0.15, 0.2) is 18.2 Å². The van der Waals surface area contributed by atoms with Crippen molar-refractivity contribution in [1.29, 1.82) is 0 Å². The highest BCUT2D eigenvalue weighted by atomic mass is 19.4. The number of nitrogens with one attached hydrogen (secondary N) is 4. The number of benzene rings is 1. The summed E-state index contributed by atoms with van der Waals surface area (Å²) in [5.41, 5.74) is 7.99. The number of alkyl halides is 3. The number of rotatable bonds is 4. The van der Waals surface area contributed by atoms with Crippen LogP contribution in [0.5, 0.6) is 0 Å². The lowest BCUT2D eigenvalue weighted by Gasteiger charge is -2.58. The molecule has 2 amide bonds. The van der Waals surface area contributed by atoms with Crippen molar-refractivity contribution >= 4 is 12.0 Å². The molecule has 12 heteroatoms. The van der Waals surface area contributed by atoms with Gasteiger partial charge in [-0.3, -0.25) is 4.79 Å². The SMILES string of the molecule is O=C(NC1CC2(C1)CN(C(=O)OCc1cc(F)cc(C(F)(F)F)c1)C2)C1CCC2NNNC2C1. The topological polar surface area (TPSA) is 94.7 Å². The Labute approximate surface area is 193 Å². The molecule has 1 aromatic carbocycles. The number of carbonyl (C=O) groups is 2. The van der Waals surface area contributed by atoms with Gasteiger partial charge in [0.05, 0.1) is 5.56 Å². The molecule has 2 heterocycles. The maximum atomic E-state index is 13.5. The van der Waals surface area contributed by atoms with E-state index in [1.807, 2.05) is 0 Å². The molecule has 2 aliphatic heterocycles. The van der Waals surface area contributed by atoms with E-state index in [4.69, 9.17) is 4.74 Å². The third-order valence-corrected chi connectivity index (χ3v) is 7.40. The molecule has 186 valence electrons. The quantitative estimate of drug-likeness (QED) is 0.489. The summed E-state index contributed by atoms with van der Waals surface area (Å²) >= 11 is 0. The number of halogens is 4. The van der Waals surface area contributed by atoms with Crippen LogP contribution in [0.25, 0.3) is 0 Å². The van der Waals surface area contributed by atoms with Crippen LogP contribution in [0, 0.1) is 17.2 Å². The van der Waals surface area contributed by atoms with Gasteiger partial charge in [-0.1, -0.05) is 0 Å². The highest BCUT2D eigenvalue weighted by Crippen LogP contribution is 2.48. The number of ether oxygens (including phenoxy) is 1. The molecule has 34 heavy (non-hydrogen) atoms. The van der Waals surface area contributed by atoms with E-state index in [1.165, 1.54) is 4.90 Å². The van der Waals surface area contributed by atoms with Gasteiger partial charge in [-0.15, -0.1) is 0 Å². The molecular formula is C22H27F4N5O3. The van der Waals surface area contributed by atoms with Gasteiger partial charge in [-0.25, -0.2) is 20.0 Å². The molecule has 4 fully saturated rings. The Hall–Kier alpha value is -2.44. The standard InChI is InChI=1S/C22H27F4N5O3/c23-15-4-12(3-14(6-15)22(24,25)26)9-34-20(33)31-10-21(11-31)7-16(8-21)27-19(32)13-1-2-17-18(5-13)29-30-28-17/h3-4,6,13,16-18,28-30H,1-2,5,7-11H2,(H,27,32). The van der Waals surface area contributed by atoms with E-state index >= 15 is 0 Å². The van der Waals surface area contributed by atoms with Gasteiger partial charge in [0.25, 0.3) is 0 Å². The van der Waals surface area contributed by atoms with Crippen LogP contribution in [0.1, 0.15) is 43.2 Å². The van der Waals surface area contributed by atoms with Crippen molar-refractivity contribution < 1.29 is 31.9 Å². The number of carbonyl (C=O) groups excluding carboxylic acids is 2. The van der Waals surface area contributed by atoms with Crippen molar-refractivity contribution in [3.63, 3.8) is 0 Å². The summed E-state index contributed by atoms with van der Waals surface area (Å²) in [6.45, 7) is 0.512. The predicted molar refractivity (Wildman–Crippen MR) is 111 cm³/mol. The summed E-state index contributed by atoms with van der Waals surface area (Å²) in [5, 5.41) is 3.13. The minimum atomic E-state index is -4.68. The number of amides is 2. The Balaban J connectivity index is 1.03. The monoisotopic (exact) mass is 485 g/mol. The molecule has 4 N–H and O–H groups in total. The van der Waals surface area contributed by atoms with Crippen molar-refractivity contribution in [2.45, 2.75) is 63.0 Å². The Bertz CT molecular complexity index is 960. The first-order chi connectivity index (χ1) is 16.1. The second kappa shape index (κ2) is 8.65. The van der Waals surface area contributed by atoms with Crippen molar-refractivity contribution in [3.8, 4) is 0 Å². The van der Waals surface area contributed by atoms with Crippen molar-refractivity contribution in [1.82, 2.24) is 26.6 Å². The number of fused-ring (bicyclic) bond motifs is 1. The Morgan fingerprint density at radius 1 is 1.12 bits per heavy atom. The Morgan fingerprint density at radius 3 is 2.59 bits per heavy atom. The van der Waals surface area contributed by atoms with Crippen LogP contribution >= 0.6 is 0 Å². The van der Waals surface area contributed by atoms with Crippen molar-refractivity contribution in [2.75, 3.05) is 13.1 Å². The zero-order chi connectivity index (χ0) is 24.1. The van der Waals surface area contributed by atoms with E-state index in [2.05, 4.69) is 21.7 Å². The molecule has 0 radical (unpaired) electrons. The zero-order valence-electron chi connectivity index (χ0n) is 18.4. The van der Waals surface area contributed by atoms with Crippen LogP contribution in [-0.2, 0) is 22.3 Å². The molecule has 1 spiro atoms. The molecule has 2 saturated carbocycles. The lowest BCUT2D eigenvalue weighted by Crippen LogP contribution is -2.67. The number of likely N-dealkylation sites (tertiary alicyclic amines) is 1. The minimum absolute atomic E-state index is 0.0134. The van der Waals surface area contributed by atoms with Gasteiger partial charge in [-0.05, 0) is 55.9 Å². The first kappa shape index (κ1) is 23.3. The second-order valence-electron chi connectivity index (χ2n) is 10.0. The Kier molecular flexibility index (Phi) is 5.93. The average molecular weight is 485 g/mol. The van der Waals surface area contributed by atoms with Gasteiger partial charge >= 0.3 is 12.3 Å². The third kappa shape index (κ3) is 4.71. The fourth-order valence-corrected chi connectivity index (χ4v) is 5.66. The van der Waals surface area contributed by atoms with Gasteiger partial charge in [-0.2, -0.15) is 18.7 Å². The summed E-state index contributed by atoms with van der Waals surface area (Å²) in [4.78, 5) is 26.4. The van der Waals surface area contributed by atoms with Crippen LogP contribution < -0.4 is 21.7 Å². The average Bonchev–Trinajstić information content (AvgIpc) is 3.19. The van der Waals surface area contributed by atoms with Crippen molar-refractivity contribution in [2.24, 2.45) is 11.3 Å². The molecule has 4 aliphatic rings. The molecule has 1 aromatic rings. The number of hydrogen-bond acceptors (Lipinski definition) is 6. The summed E-state index contributed by atoms with van der Waals surface area (Å²) in [5.74, 6) is -0.969. The molecule has 3 atom stereocenters. The van der Waals surface area contributed by atoms with Crippen LogP contribution in [-0.4, -0.2) is 48.1 Å². The molecule has 2 saturated heterocycles. The number of nitrogens with zero attached hydrogens (tertiary/aromatic N) is 1. The van der Waals surface area contributed by atoms with Gasteiger partial charge in [0, 0.05) is 42.5 Å². The third-order valence-electron chi connectivity index (χ3n) is 7.40. The molecule has 8 nitrogen and oxygen atoms in total. The summed E-state index contributed by atoms with van der Waals surface area (Å²) in [6.07, 6.45) is -1.20. The number of hydrazine groups is 2. The van der Waals surface area contributed by atoms with Gasteiger partial charge in [0.15, 0.2) is 0 Å². The lowest BCUT2D eigenvalue weighted by molar-refractivity contribution is -0.138. The molecule has 0 aromatic heterocycles. The highest BCUT2D eigenvalue weighted by molar-refractivity contribution is 5.79. The first-order valence-corrected chi connectivity index (χ1v) is 11.5. The maximum absolute atomic E-state index is 13.5. The minimum Gasteiger partial charge on any atom is -0.445 e. The fourth-order valence-electron chi connectivity index (χ4n) is 5.66.